The molecule has 2 fully saturated rings. The van der Waals surface area contributed by atoms with Crippen LogP contribution >= 0.6 is 0 Å². The molecule has 1 aromatic rings. The maximum absolute atomic E-state index is 14.5. The number of likely N-dealkylation sites (N-methyl/N-ethyl adjacent to an activating group) is 1. The predicted octanol–water partition coefficient (Wildman–Crippen LogP) is 1.58. The number of nitrogens with zero attached hydrogens (tertiary/aromatic N) is 2. The van der Waals surface area contributed by atoms with Crippen molar-refractivity contribution in [3.8, 4) is 5.75 Å². The van der Waals surface area contributed by atoms with Gasteiger partial charge in [0.2, 0.25) is 5.78 Å². The summed E-state index contributed by atoms with van der Waals surface area (Å²) in [6, 6.07) is -0.274. The number of ketones is 2. The minimum atomic E-state index is -4.86. The van der Waals surface area contributed by atoms with Crippen molar-refractivity contribution in [1.29, 1.82) is 0 Å². The monoisotopic (exact) mass is 565 g/mol. The summed E-state index contributed by atoms with van der Waals surface area (Å²) >= 11 is 0. The zero-order chi connectivity index (χ0) is 29.6. The van der Waals surface area contributed by atoms with Crippen molar-refractivity contribution < 1.29 is 48.0 Å². The molecule has 0 bridgehead atoms. The molecular formula is C27H30F3N3O7. The van der Waals surface area contributed by atoms with Crippen molar-refractivity contribution in [3.05, 3.63) is 45.2 Å². The number of aromatic hydroxyl groups is 1. The molecule has 2 saturated carbocycles. The van der Waals surface area contributed by atoms with Crippen molar-refractivity contribution in [2.75, 3.05) is 21.1 Å². The van der Waals surface area contributed by atoms with Gasteiger partial charge >= 0.3 is 6.18 Å². The zero-order valence-electron chi connectivity index (χ0n) is 22.0. The molecule has 4 atom stereocenters. The number of alkyl halides is 3. The largest absolute Gasteiger partial charge is 0.508 e. The van der Waals surface area contributed by atoms with E-state index in [1.165, 1.54) is 19.0 Å². The van der Waals surface area contributed by atoms with Crippen LogP contribution in [0.25, 0.3) is 5.76 Å². The van der Waals surface area contributed by atoms with Gasteiger partial charge in [-0.2, -0.15) is 13.2 Å². The molecule has 6 N–H and O–H groups in total. The van der Waals surface area contributed by atoms with E-state index < -0.39 is 98.7 Å². The lowest BCUT2D eigenvalue weighted by molar-refractivity contribution is -0.153. The Kier molecular flexibility index (Phi) is 6.36. The molecule has 13 heteroatoms. The highest BCUT2D eigenvalue weighted by molar-refractivity contribution is 6.24. The van der Waals surface area contributed by atoms with Crippen LogP contribution in [-0.4, -0.2) is 86.5 Å². The van der Waals surface area contributed by atoms with E-state index in [4.69, 9.17) is 5.73 Å². The molecule has 0 radical (unpaired) electrons. The summed E-state index contributed by atoms with van der Waals surface area (Å²) in [5.41, 5.74) is -1.22. The Morgan fingerprint density at radius 3 is 2.30 bits per heavy atom. The van der Waals surface area contributed by atoms with Crippen LogP contribution in [0.4, 0.5) is 13.2 Å². The summed E-state index contributed by atoms with van der Waals surface area (Å²) in [5.74, 6) is -8.96. The molecule has 10 nitrogen and oxygen atoms in total. The van der Waals surface area contributed by atoms with Gasteiger partial charge in [0.15, 0.2) is 11.4 Å². The molecule has 1 amide bonds. The van der Waals surface area contributed by atoms with Gasteiger partial charge in [-0.25, -0.2) is 0 Å². The Hall–Kier alpha value is -3.42. The van der Waals surface area contributed by atoms with Crippen molar-refractivity contribution in [1.82, 2.24) is 9.80 Å². The number of rotatable bonds is 5. The van der Waals surface area contributed by atoms with Gasteiger partial charge in [0.1, 0.15) is 22.8 Å². The minimum absolute atomic E-state index is 0.102. The summed E-state index contributed by atoms with van der Waals surface area (Å²) in [5, 5.41) is 44.5. The maximum atomic E-state index is 14.5. The summed E-state index contributed by atoms with van der Waals surface area (Å²) in [7, 11) is 4.57. The van der Waals surface area contributed by atoms with Gasteiger partial charge in [-0.1, -0.05) is 0 Å². The minimum Gasteiger partial charge on any atom is -0.508 e. The van der Waals surface area contributed by atoms with Gasteiger partial charge in [0, 0.05) is 24.1 Å². The van der Waals surface area contributed by atoms with Crippen molar-refractivity contribution >= 4 is 23.2 Å². The molecule has 1 aromatic carbocycles. The number of carbonyl (C=O) groups excluding carboxylic acids is 3. The summed E-state index contributed by atoms with van der Waals surface area (Å²) < 4.78 is 43.6. The van der Waals surface area contributed by atoms with E-state index in [2.05, 4.69) is 0 Å². The number of primary amides is 1. The van der Waals surface area contributed by atoms with Crippen LogP contribution < -0.4 is 5.73 Å². The summed E-state index contributed by atoms with van der Waals surface area (Å²) in [4.78, 5) is 42.1. The van der Waals surface area contributed by atoms with E-state index in [1.807, 2.05) is 0 Å². The molecule has 40 heavy (non-hydrogen) atoms. The highest BCUT2D eigenvalue weighted by atomic mass is 19.4. The number of phenols is 1. The Morgan fingerprint density at radius 1 is 1.15 bits per heavy atom. The van der Waals surface area contributed by atoms with Crippen LogP contribution in [0.5, 0.6) is 5.75 Å². The number of aliphatic hydroxyl groups excluding tert-OH is 2. The van der Waals surface area contributed by atoms with Gasteiger partial charge in [-0.3, -0.25) is 24.2 Å². The molecule has 4 aliphatic rings. The third-order valence-corrected chi connectivity index (χ3v) is 8.68. The quantitative estimate of drug-likeness (QED) is 0.333. The lowest BCUT2D eigenvalue weighted by Gasteiger charge is -2.50. The van der Waals surface area contributed by atoms with Gasteiger partial charge < -0.3 is 26.2 Å². The second-order valence-corrected chi connectivity index (χ2v) is 11.4. The number of Topliss-reactive ketones (excluding diaryl/α,β-unsaturated/α-hetero) is 2. The van der Waals surface area contributed by atoms with E-state index in [9.17, 15) is 48.0 Å². The Balaban J connectivity index is 1.72. The number of hydrogen-bond donors (Lipinski definition) is 5. The van der Waals surface area contributed by atoms with E-state index in [0.29, 0.717) is 0 Å². The second kappa shape index (κ2) is 9.05. The average molecular weight is 566 g/mol. The van der Waals surface area contributed by atoms with E-state index in [0.717, 1.165) is 18.9 Å². The number of carbonyl (C=O) groups is 3. The first-order valence-electron chi connectivity index (χ1n) is 12.8. The van der Waals surface area contributed by atoms with Gasteiger partial charge in [-0.15, -0.1) is 0 Å². The normalized spacial score (nSPS) is 28.7. The van der Waals surface area contributed by atoms with Gasteiger partial charge in [0.25, 0.3) is 5.91 Å². The van der Waals surface area contributed by atoms with Crippen LogP contribution in [0.3, 0.4) is 0 Å². The molecule has 0 aromatic heterocycles. The Bertz CT molecular complexity index is 1410. The predicted molar refractivity (Wildman–Crippen MR) is 134 cm³/mol. The molecule has 0 saturated heterocycles. The fourth-order valence-corrected chi connectivity index (χ4v) is 6.77. The first-order chi connectivity index (χ1) is 18.5. The third-order valence-electron chi connectivity index (χ3n) is 8.68. The first kappa shape index (κ1) is 28.1. The number of hydrogen-bond acceptors (Lipinski definition) is 9. The topological polar surface area (TPSA) is 165 Å². The Labute approximate surface area is 227 Å². The number of fused-ring (bicyclic) bond motifs is 3. The molecule has 4 aliphatic carbocycles. The highest BCUT2D eigenvalue weighted by Gasteiger charge is 2.64. The standard InChI is InChI=1S/C27H30F3N3O7/c1-32(2)20-14-7-10-6-13-17(15(34)8-11(19(13)27(28,29)30)9-33(3)12-4-5-12)21(35)16(10)23(37)26(14,40)24(38)18(22(20)36)25(31)39/h8,10,12,14,20,34-35,38,40H,4-7,9H2,1-3H3,(H2,31,39)/t10-,14-,20-,26-/m0/s1. The number of benzene rings is 1. The SMILES string of the molecule is CN(Cc1cc(O)c2c(c1C(F)(F)F)C[C@H]1C[C@H]3[C@H](N(C)C)C(=O)C(C(N)=O)=C(O)[C@@]3(O)C(=O)C1=C2O)C1CC1. The van der Waals surface area contributed by atoms with Crippen molar-refractivity contribution in [2.45, 2.75) is 56.1 Å². The zero-order valence-corrected chi connectivity index (χ0v) is 22.0. The van der Waals surface area contributed by atoms with Gasteiger partial charge in [0.05, 0.1) is 17.2 Å². The highest BCUT2D eigenvalue weighted by Crippen LogP contribution is 2.54. The fraction of sp³-hybridized carbons (Fsp3) is 0.519. The van der Waals surface area contributed by atoms with Crippen LogP contribution in [0.1, 0.15) is 41.5 Å². The van der Waals surface area contributed by atoms with Crippen LogP contribution in [-0.2, 0) is 33.5 Å². The molecule has 5 rings (SSSR count). The van der Waals surface area contributed by atoms with Crippen LogP contribution in [0.15, 0.2) is 23.0 Å². The summed E-state index contributed by atoms with van der Waals surface area (Å²) in [6.45, 7) is -0.102. The number of phenolic OH excluding ortho intramolecular Hbond substituents is 1. The summed E-state index contributed by atoms with van der Waals surface area (Å²) in [6.07, 6.45) is -3.89. The number of nitrogens with two attached hydrogens (primary N) is 1. The number of aliphatic hydroxyl groups is 3. The molecule has 0 unspecified atom stereocenters. The fourth-order valence-electron chi connectivity index (χ4n) is 6.77. The second-order valence-electron chi connectivity index (χ2n) is 11.4. The molecule has 216 valence electrons. The van der Waals surface area contributed by atoms with E-state index >= 15 is 0 Å². The van der Waals surface area contributed by atoms with E-state index in [1.54, 1.807) is 11.9 Å². The molecule has 0 aliphatic heterocycles. The smallest absolute Gasteiger partial charge is 0.417 e. The first-order valence-corrected chi connectivity index (χ1v) is 12.8. The molecular weight excluding hydrogens is 535 g/mol. The third kappa shape index (κ3) is 3.93. The van der Waals surface area contributed by atoms with Crippen molar-refractivity contribution in [2.24, 2.45) is 17.6 Å². The van der Waals surface area contributed by atoms with E-state index in [-0.39, 0.29) is 24.6 Å². The maximum Gasteiger partial charge on any atom is 0.417 e. The van der Waals surface area contributed by atoms with Crippen molar-refractivity contribution in [3.63, 3.8) is 0 Å². The lowest BCUT2D eigenvalue weighted by Crippen LogP contribution is -2.65. The molecule has 0 heterocycles. The lowest BCUT2D eigenvalue weighted by atomic mass is 9.57. The Morgan fingerprint density at radius 2 is 1.77 bits per heavy atom. The van der Waals surface area contributed by atoms with Crippen LogP contribution in [0.2, 0.25) is 0 Å². The molecule has 0 spiro atoms. The van der Waals surface area contributed by atoms with Gasteiger partial charge in [-0.05, 0) is 69.9 Å². The average Bonchev–Trinajstić information content (AvgIpc) is 3.65. The number of halogens is 3. The number of amides is 1. The van der Waals surface area contributed by atoms with Crippen LogP contribution in [0, 0.1) is 11.8 Å².